The molecule has 0 aliphatic carbocycles. The Bertz CT molecular complexity index is 1750. The van der Waals surface area contributed by atoms with Crippen molar-refractivity contribution in [2.24, 2.45) is 0 Å². The van der Waals surface area contributed by atoms with Crippen molar-refractivity contribution in [1.29, 1.82) is 0 Å². The number of sulfone groups is 1. The van der Waals surface area contributed by atoms with Gasteiger partial charge in [-0.25, -0.2) is 21.2 Å². The van der Waals surface area contributed by atoms with Gasteiger partial charge in [0, 0.05) is 29.9 Å². The van der Waals surface area contributed by atoms with E-state index in [4.69, 9.17) is 0 Å². The molecule has 1 fully saturated rings. The second-order valence-electron chi connectivity index (χ2n) is 8.72. The highest BCUT2D eigenvalue weighted by Gasteiger charge is 2.37. The van der Waals surface area contributed by atoms with Crippen LogP contribution in [0, 0.1) is 5.82 Å². The first kappa shape index (κ1) is 25.0. The number of anilines is 1. The number of fused-ring (bicyclic) bond motifs is 1. The molecule has 4 aromatic rings. The molecule has 1 atom stereocenters. The van der Waals surface area contributed by atoms with Crippen LogP contribution in [-0.2, 0) is 24.7 Å². The Labute approximate surface area is 213 Å². The number of hydrogen-bond acceptors (Lipinski definition) is 6. The SMILES string of the molecule is CS(=O)(=O)c1ccccc1-c1ccc(N2CC[C@H](NS(=O)(=O)c3cccc4cccnc34)C2=O)c(F)c1. The van der Waals surface area contributed by atoms with Gasteiger partial charge in [-0.15, -0.1) is 0 Å². The number of carbonyl (C=O) groups is 1. The average Bonchev–Trinajstić information content (AvgIpc) is 3.22. The van der Waals surface area contributed by atoms with Crippen LogP contribution in [0.4, 0.5) is 10.1 Å². The number of nitrogens with zero attached hydrogens (tertiary/aromatic N) is 2. The monoisotopic (exact) mass is 539 g/mol. The number of sulfonamides is 1. The summed E-state index contributed by atoms with van der Waals surface area (Å²) in [5.41, 5.74) is 0.960. The Morgan fingerprint density at radius 2 is 1.68 bits per heavy atom. The van der Waals surface area contributed by atoms with Crippen LogP contribution in [-0.4, -0.2) is 46.6 Å². The molecule has 2 heterocycles. The zero-order valence-corrected chi connectivity index (χ0v) is 21.3. The number of carbonyl (C=O) groups excluding carboxylic acids is 1. The van der Waals surface area contributed by atoms with Crippen molar-refractivity contribution in [3.63, 3.8) is 0 Å². The van der Waals surface area contributed by atoms with Crippen LogP contribution in [0.1, 0.15) is 6.42 Å². The molecule has 1 saturated heterocycles. The number of nitrogens with one attached hydrogen (secondary N) is 1. The lowest BCUT2D eigenvalue weighted by molar-refractivity contribution is -0.118. The van der Waals surface area contributed by atoms with Gasteiger partial charge in [0.15, 0.2) is 9.84 Å². The molecule has 1 amide bonds. The van der Waals surface area contributed by atoms with Crippen LogP contribution in [0.2, 0.25) is 0 Å². The van der Waals surface area contributed by atoms with Crippen LogP contribution in [0.25, 0.3) is 22.0 Å². The van der Waals surface area contributed by atoms with E-state index < -0.39 is 37.6 Å². The third kappa shape index (κ3) is 4.73. The number of benzene rings is 3. The van der Waals surface area contributed by atoms with Crippen LogP contribution in [0.5, 0.6) is 0 Å². The van der Waals surface area contributed by atoms with Crippen LogP contribution in [0.3, 0.4) is 0 Å². The molecule has 0 bridgehead atoms. The second kappa shape index (κ2) is 9.33. The van der Waals surface area contributed by atoms with E-state index in [0.717, 1.165) is 6.26 Å². The van der Waals surface area contributed by atoms with Gasteiger partial charge in [-0.1, -0.05) is 42.5 Å². The first-order valence-corrected chi connectivity index (χ1v) is 14.7. The van der Waals surface area contributed by atoms with E-state index in [0.29, 0.717) is 16.5 Å². The Hall–Kier alpha value is -3.67. The summed E-state index contributed by atoms with van der Waals surface area (Å²) in [6.07, 6.45) is 2.72. The number of amides is 1. The van der Waals surface area contributed by atoms with E-state index in [1.807, 2.05) is 0 Å². The quantitative estimate of drug-likeness (QED) is 0.401. The maximum Gasteiger partial charge on any atom is 0.245 e. The van der Waals surface area contributed by atoms with Gasteiger partial charge >= 0.3 is 0 Å². The Morgan fingerprint density at radius 3 is 2.43 bits per heavy atom. The van der Waals surface area contributed by atoms with Crippen molar-refractivity contribution >= 4 is 42.4 Å². The molecular formula is C26H22FN3O5S2. The van der Waals surface area contributed by atoms with E-state index in [1.54, 1.807) is 42.5 Å². The smallest absolute Gasteiger partial charge is 0.245 e. The van der Waals surface area contributed by atoms with Crippen LogP contribution >= 0.6 is 0 Å². The van der Waals surface area contributed by atoms with Crippen molar-refractivity contribution < 1.29 is 26.0 Å². The lowest BCUT2D eigenvalue weighted by Crippen LogP contribution is -2.41. The highest BCUT2D eigenvalue weighted by atomic mass is 32.2. The Kier molecular flexibility index (Phi) is 6.30. The van der Waals surface area contributed by atoms with E-state index in [1.165, 1.54) is 41.4 Å². The fourth-order valence-electron chi connectivity index (χ4n) is 4.49. The summed E-state index contributed by atoms with van der Waals surface area (Å²) in [5, 5.41) is 0.643. The minimum absolute atomic E-state index is 0.0147. The summed E-state index contributed by atoms with van der Waals surface area (Å²) in [4.78, 5) is 18.5. The number of para-hydroxylation sites is 1. The molecule has 0 spiro atoms. The van der Waals surface area contributed by atoms with E-state index >= 15 is 4.39 Å². The average molecular weight is 540 g/mol. The van der Waals surface area contributed by atoms with Crippen molar-refractivity contribution in [2.45, 2.75) is 22.3 Å². The van der Waals surface area contributed by atoms with Crippen molar-refractivity contribution in [1.82, 2.24) is 9.71 Å². The molecule has 0 radical (unpaired) electrons. The van der Waals surface area contributed by atoms with Gasteiger partial charge in [-0.2, -0.15) is 4.72 Å². The number of pyridine rings is 1. The summed E-state index contributed by atoms with van der Waals surface area (Å²) in [5.74, 6) is -1.31. The zero-order valence-electron chi connectivity index (χ0n) is 19.6. The van der Waals surface area contributed by atoms with E-state index in [2.05, 4.69) is 9.71 Å². The summed E-state index contributed by atoms with van der Waals surface area (Å²) < 4.78 is 68.2. The van der Waals surface area contributed by atoms with Gasteiger partial charge < -0.3 is 4.90 Å². The number of rotatable bonds is 6. The number of hydrogen-bond donors (Lipinski definition) is 1. The summed E-state index contributed by atoms with van der Waals surface area (Å²) in [6.45, 7) is 0.107. The number of aromatic nitrogens is 1. The molecule has 1 aliphatic heterocycles. The first-order chi connectivity index (χ1) is 17.6. The fraction of sp³-hybridized carbons (Fsp3) is 0.154. The molecular weight excluding hydrogens is 517 g/mol. The molecule has 1 N–H and O–H groups in total. The molecule has 0 saturated carbocycles. The molecule has 8 nitrogen and oxygen atoms in total. The van der Waals surface area contributed by atoms with Gasteiger partial charge in [0.2, 0.25) is 15.9 Å². The first-order valence-electron chi connectivity index (χ1n) is 11.3. The van der Waals surface area contributed by atoms with Gasteiger partial charge in [-0.3, -0.25) is 9.78 Å². The fourth-order valence-corrected chi connectivity index (χ4v) is 6.81. The predicted molar refractivity (Wildman–Crippen MR) is 138 cm³/mol. The zero-order chi connectivity index (χ0) is 26.4. The summed E-state index contributed by atoms with van der Waals surface area (Å²) in [6, 6.07) is 17.5. The van der Waals surface area contributed by atoms with Crippen molar-refractivity contribution in [2.75, 3.05) is 17.7 Å². The van der Waals surface area contributed by atoms with Gasteiger partial charge in [0.25, 0.3) is 0 Å². The summed E-state index contributed by atoms with van der Waals surface area (Å²) in [7, 11) is -7.64. The number of halogens is 1. The lowest BCUT2D eigenvalue weighted by Gasteiger charge is -2.19. The van der Waals surface area contributed by atoms with Crippen LogP contribution < -0.4 is 9.62 Å². The van der Waals surface area contributed by atoms with Crippen LogP contribution in [0.15, 0.2) is 88.8 Å². The summed E-state index contributed by atoms with van der Waals surface area (Å²) >= 11 is 0. The molecule has 0 unspecified atom stereocenters. The maximum atomic E-state index is 15.2. The predicted octanol–water partition coefficient (Wildman–Crippen LogP) is 3.53. The molecule has 11 heteroatoms. The minimum atomic E-state index is -4.09. The van der Waals surface area contributed by atoms with Gasteiger partial charge in [-0.05, 0) is 42.3 Å². The van der Waals surface area contributed by atoms with Crippen molar-refractivity contribution in [3.05, 3.63) is 84.8 Å². The normalized spacial score (nSPS) is 16.4. The molecule has 3 aromatic carbocycles. The largest absolute Gasteiger partial charge is 0.308 e. The van der Waals surface area contributed by atoms with Crippen molar-refractivity contribution in [3.8, 4) is 11.1 Å². The van der Waals surface area contributed by atoms with Gasteiger partial charge in [0.1, 0.15) is 16.8 Å². The molecule has 5 rings (SSSR count). The Morgan fingerprint density at radius 1 is 0.946 bits per heavy atom. The molecule has 37 heavy (non-hydrogen) atoms. The highest BCUT2D eigenvalue weighted by Crippen LogP contribution is 2.33. The Balaban J connectivity index is 1.40. The minimum Gasteiger partial charge on any atom is -0.308 e. The maximum absolute atomic E-state index is 15.2. The third-order valence-electron chi connectivity index (χ3n) is 6.22. The molecule has 1 aliphatic rings. The highest BCUT2D eigenvalue weighted by molar-refractivity contribution is 7.91. The third-order valence-corrected chi connectivity index (χ3v) is 8.88. The van der Waals surface area contributed by atoms with Gasteiger partial charge in [0.05, 0.1) is 16.1 Å². The molecule has 1 aromatic heterocycles. The molecule has 190 valence electrons. The van der Waals surface area contributed by atoms with E-state index in [9.17, 15) is 21.6 Å². The topological polar surface area (TPSA) is 114 Å². The van der Waals surface area contributed by atoms with E-state index in [-0.39, 0.29) is 34.0 Å². The standard InChI is InChI=1S/C26H22FN3O5S2/c1-36(32,33)23-9-3-2-8-19(23)18-11-12-22(20(27)16-18)30-15-13-21(26(30)31)29-37(34,35)24-10-4-6-17-7-5-14-28-25(17)24/h2-12,14,16,21,29H,13,15H2,1H3/t21-/m0/s1. The second-order valence-corrected chi connectivity index (χ2v) is 12.4. The lowest BCUT2D eigenvalue weighted by atomic mass is 10.0.